The number of nitrogens with zero attached hydrogens (tertiary/aromatic N) is 2. The molecular formula is C22H24Cl2FN3O2. The van der Waals surface area contributed by atoms with Crippen molar-refractivity contribution in [3.8, 4) is 0 Å². The van der Waals surface area contributed by atoms with E-state index in [-0.39, 0.29) is 23.7 Å². The van der Waals surface area contributed by atoms with E-state index in [2.05, 4.69) is 10.2 Å². The van der Waals surface area contributed by atoms with E-state index in [9.17, 15) is 14.0 Å². The molecule has 0 radical (unpaired) electrons. The molecule has 1 N–H and O–H groups in total. The smallest absolute Gasteiger partial charge is 0.255 e. The molecule has 8 heteroatoms. The van der Waals surface area contributed by atoms with Gasteiger partial charge in [0.25, 0.3) is 5.91 Å². The monoisotopic (exact) mass is 451 g/mol. The topological polar surface area (TPSA) is 52.7 Å². The summed E-state index contributed by atoms with van der Waals surface area (Å²) in [6.45, 7) is 4.59. The summed E-state index contributed by atoms with van der Waals surface area (Å²) in [5.41, 5.74) is 1.40. The lowest BCUT2D eigenvalue weighted by Crippen LogP contribution is -2.55. The molecule has 2 aromatic rings. The molecule has 1 atom stereocenters. The van der Waals surface area contributed by atoms with Gasteiger partial charge in [0, 0.05) is 37.7 Å². The van der Waals surface area contributed by atoms with Crippen molar-refractivity contribution in [1.29, 1.82) is 0 Å². The molecule has 0 bridgehead atoms. The molecule has 5 nitrogen and oxygen atoms in total. The quantitative estimate of drug-likeness (QED) is 0.729. The van der Waals surface area contributed by atoms with Gasteiger partial charge in [-0.1, -0.05) is 35.3 Å². The van der Waals surface area contributed by atoms with Crippen molar-refractivity contribution in [2.24, 2.45) is 0 Å². The predicted octanol–water partition coefficient (Wildman–Crippen LogP) is 3.64. The van der Waals surface area contributed by atoms with Gasteiger partial charge in [-0.3, -0.25) is 14.5 Å². The van der Waals surface area contributed by atoms with Crippen molar-refractivity contribution in [3.63, 3.8) is 0 Å². The number of piperazine rings is 1. The SMILES string of the molecule is CC(C(=O)NCCc1ccc(F)cc1)N1CCN(C(=O)c2ccc(Cl)cc2Cl)CC1. The Labute approximate surface area is 185 Å². The number of halogens is 3. The fourth-order valence-corrected chi connectivity index (χ4v) is 3.93. The van der Waals surface area contributed by atoms with Crippen LogP contribution in [0.2, 0.25) is 10.0 Å². The largest absolute Gasteiger partial charge is 0.354 e. The van der Waals surface area contributed by atoms with Crippen LogP contribution in [0.1, 0.15) is 22.8 Å². The van der Waals surface area contributed by atoms with E-state index in [0.717, 1.165) is 5.56 Å². The number of hydrogen-bond donors (Lipinski definition) is 1. The van der Waals surface area contributed by atoms with Gasteiger partial charge in [-0.15, -0.1) is 0 Å². The van der Waals surface area contributed by atoms with Gasteiger partial charge in [-0.05, 0) is 49.2 Å². The third kappa shape index (κ3) is 5.72. The van der Waals surface area contributed by atoms with E-state index in [4.69, 9.17) is 23.2 Å². The molecular weight excluding hydrogens is 428 g/mol. The number of hydrogen-bond acceptors (Lipinski definition) is 3. The first-order valence-electron chi connectivity index (χ1n) is 9.85. The highest BCUT2D eigenvalue weighted by Crippen LogP contribution is 2.23. The zero-order valence-electron chi connectivity index (χ0n) is 16.7. The van der Waals surface area contributed by atoms with Gasteiger partial charge >= 0.3 is 0 Å². The third-order valence-corrected chi connectivity index (χ3v) is 5.86. The molecule has 1 saturated heterocycles. The second-order valence-corrected chi connectivity index (χ2v) is 8.14. The van der Waals surface area contributed by atoms with E-state index in [1.807, 2.05) is 6.92 Å². The average Bonchev–Trinajstić information content (AvgIpc) is 2.74. The van der Waals surface area contributed by atoms with Crippen LogP contribution in [0.4, 0.5) is 4.39 Å². The van der Waals surface area contributed by atoms with E-state index in [1.54, 1.807) is 35.2 Å². The number of carbonyl (C=O) groups is 2. The molecule has 2 aromatic carbocycles. The van der Waals surface area contributed by atoms with Gasteiger partial charge in [-0.2, -0.15) is 0 Å². The second-order valence-electron chi connectivity index (χ2n) is 7.30. The minimum Gasteiger partial charge on any atom is -0.354 e. The van der Waals surface area contributed by atoms with E-state index < -0.39 is 0 Å². The first kappa shape index (κ1) is 22.5. The van der Waals surface area contributed by atoms with Crippen LogP contribution in [0.5, 0.6) is 0 Å². The average molecular weight is 452 g/mol. The van der Waals surface area contributed by atoms with Crippen LogP contribution in [0, 0.1) is 5.82 Å². The second kappa shape index (κ2) is 10.2. The summed E-state index contributed by atoms with van der Waals surface area (Å²) in [7, 11) is 0. The van der Waals surface area contributed by atoms with Crippen molar-refractivity contribution < 1.29 is 14.0 Å². The maximum absolute atomic E-state index is 12.9. The summed E-state index contributed by atoms with van der Waals surface area (Å²) in [6, 6.07) is 10.8. The van der Waals surface area contributed by atoms with E-state index in [1.165, 1.54) is 12.1 Å². The molecule has 0 spiro atoms. The summed E-state index contributed by atoms with van der Waals surface area (Å²) < 4.78 is 12.9. The Bertz CT molecular complexity index is 900. The summed E-state index contributed by atoms with van der Waals surface area (Å²) in [6.07, 6.45) is 0.642. The molecule has 0 aromatic heterocycles. The Hall–Kier alpha value is -2.15. The fraction of sp³-hybridized carbons (Fsp3) is 0.364. The van der Waals surface area contributed by atoms with Crippen LogP contribution >= 0.6 is 23.2 Å². The van der Waals surface area contributed by atoms with Gasteiger partial charge in [0.05, 0.1) is 16.6 Å². The molecule has 1 unspecified atom stereocenters. The highest BCUT2D eigenvalue weighted by molar-refractivity contribution is 6.36. The summed E-state index contributed by atoms with van der Waals surface area (Å²) >= 11 is 12.1. The van der Waals surface area contributed by atoms with Crippen molar-refractivity contribution in [3.05, 3.63) is 69.5 Å². The fourth-order valence-electron chi connectivity index (χ4n) is 3.44. The minimum absolute atomic E-state index is 0.0577. The molecule has 0 saturated carbocycles. The molecule has 1 aliphatic heterocycles. The van der Waals surface area contributed by atoms with Crippen molar-refractivity contribution in [2.45, 2.75) is 19.4 Å². The van der Waals surface area contributed by atoms with Crippen LogP contribution in [0.15, 0.2) is 42.5 Å². The predicted molar refractivity (Wildman–Crippen MR) is 117 cm³/mol. The normalized spacial score (nSPS) is 15.7. The number of amides is 2. The lowest BCUT2D eigenvalue weighted by atomic mass is 10.1. The summed E-state index contributed by atoms with van der Waals surface area (Å²) in [5, 5.41) is 3.75. The standard InChI is InChI=1S/C22H24Cl2FN3O2/c1-15(21(29)26-9-8-16-2-5-18(25)6-3-16)27-10-12-28(13-11-27)22(30)19-7-4-17(23)14-20(19)24/h2-7,14-15H,8-13H2,1H3,(H,26,29). The van der Waals surface area contributed by atoms with Crippen LogP contribution in [0.25, 0.3) is 0 Å². The van der Waals surface area contributed by atoms with Crippen LogP contribution in [-0.4, -0.2) is 60.4 Å². The Morgan fingerprint density at radius 3 is 2.37 bits per heavy atom. The number of carbonyl (C=O) groups excluding carboxylic acids is 2. The number of benzene rings is 2. The Kier molecular flexibility index (Phi) is 7.69. The molecule has 0 aliphatic carbocycles. The molecule has 3 rings (SSSR count). The Morgan fingerprint density at radius 1 is 1.07 bits per heavy atom. The zero-order chi connectivity index (χ0) is 21.7. The maximum atomic E-state index is 12.9. The molecule has 1 heterocycles. The Morgan fingerprint density at radius 2 is 1.73 bits per heavy atom. The summed E-state index contributed by atoms with van der Waals surface area (Å²) in [4.78, 5) is 29.0. The van der Waals surface area contributed by atoms with Gasteiger partial charge in [0.2, 0.25) is 5.91 Å². The minimum atomic E-state index is -0.297. The molecule has 1 aliphatic rings. The first-order valence-corrected chi connectivity index (χ1v) is 10.6. The van der Waals surface area contributed by atoms with Gasteiger partial charge in [0.1, 0.15) is 5.82 Å². The molecule has 160 valence electrons. The van der Waals surface area contributed by atoms with Crippen LogP contribution in [-0.2, 0) is 11.2 Å². The highest BCUT2D eigenvalue weighted by Gasteiger charge is 2.28. The third-order valence-electron chi connectivity index (χ3n) is 5.32. The van der Waals surface area contributed by atoms with Crippen molar-refractivity contribution in [2.75, 3.05) is 32.7 Å². The van der Waals surface area contributed by atoms with Gasteiger partial charge < -0.3 is 10.2 Å². The van der Waals surface area contributed by atoms with Crippen LogP contribution in [0.3, 0.4) is 0 Å². The van der Waals surface area contributed by atoms with Gasteiger partial charge in [0.15, 0.2) is 0 Å². The number of nitrogens with one attached hydrogen (secondary N) is 1. The highest BCUT2D eigenvalue weighted by atomic mass is 35.5. The Balaban J connectivity index is 1.46. The molecule has 2 amide bonds. The molecule has 1 fully saturated rings. The zero-order valence-corrected chi connectivity index (χ0v) is 18.2. The summed E-state index contributed by atoms with van der Waals surface area (Å²) in [5.74, 6) is -0.460. The van der Waals surface area contributed by atoms with Crippen LogP contribution < -0.4 is 5.32 Å². The van der Waals surface area contributed by atoms with E-state index >= 15 is 0 Å². The van der Waals surface area contributed by atoms with E-state index in [0.29, 0.717) is 54.8 Å². The van der Waals surface area contributed by atoms with Gasteiger partial charge in [-0.25, -0.2) is 4.39 Å². The van der Waals surface area contributed by atoms with Crippen molar-refractivity contribution >= 4 is 35.0 Å². The lowest BCUT2D eigenvalue weighted by Gasteiger charge is -2.37. The number of rotatable bonds is 6. The maximum Gasteiger partial charge on any atom is 0.255 e. The lowest BCUT2D eigenvalue weighted by molar-refractivity contribution is -0.126. The molecule has 30 heavy (non-hydrogen) atoms. The van der Waals surface area contributed by atoms with Crippen molar-refractivity contribution in [1.82, 2.24) is 15.1 Å². The first-order chi connectivity index (χ1) is 14.3.